The smallest absolute Gasteiger partial charge is 0.180 e. The van der Waals surface area contributed by atoms with Crippen LogP contribution >= 0.6 is 11.6 Å². The summed E-state index contributed by atoms with van der Waals surface area (Å²) in [4.78, 5) is 16.6. The van der Waals surface area contributed by atoms with Crippen molar-refractivity contribution < 1.29 is 18.9 Å². The van der Waals surface area contributed by atoms with E-state index in [1.807, 2.05) is 5.48 Å². The van der Waals surface area contributed by atoms with Crippen molar-refractivity contribution in [2.24, 2.45) is 10.9 Å². The standard InChI is InChI=1S/C19H21ClFN3O3/c20-16-10-14(6-7-17(16)21)22-19(23-26)18-13(11-27-24-18)9-15(25)8-12-4-2-1-3-5-12/h6-7,10-12,26H,1-5,8-9H2,(H,22,23). The number of halogens is 2. The summed E-state index contributed by atoms with van der Waals surface area (Å²) in [6, 6.07) is 3.91. The van der Waals surface area contributed by atoms with Crippen LogP contribution in [0.3, 0.4) is 0 Å². The zero-order valence-electron chi connectivity index (χ0n) is 14.8. The van der Waals surface area contributed by atoms with Gasteiger partial charge in [-0.1, -0.05) is 48.9 Å². The van der Waals surface area contributed by atoms with E-state index in [-0.39, 0.29) is 28.8 Å². The van der Waals surface area contributed by atoms with Crippen LogP contribution in [0.1, 0.15) is 49.8 Å². The average molecular weight is 394 g/mol. The molecule has 8 heteroatoms. The summed E-state index contributed by atoms with van der Waals surface area (Å²) < 4.78 is 18.3. The van der Waals surface area contributed by atoms with Gasteiger partial charge in [0, 0.05) is 18.4 Å². The van der Waals surface area contributed by atoms with E-state index in [1.54, 1.807) is 0 Å². The maximum absolute atomic E-state index is 13.3. The highest BCUT2D eigenvalue weighted by atomic mass is 35.5. The quantitative estimate of drug-likeness (QED) is 0.425. The lowest BCUT2D eigenvalue weighted by atomic mass is 9.85. The minimum atomic E-state index is -0.565. The van der Waals surface area contributed by atoms with E-state index < -0.39 is 5.82 Å². The fourth-order valence-corrected chi connectivity index (χ4v) is 3.57. The zero-order valence-corrected chi connectivity index (χ0v) is 15.5. The second kappa shape index (κ2) is 9.10. The van der Waals surface area contributed by atoms with Crippen molar-refractivity contribution >= 4 is 28.9 Å². The predicted octanol–water partition coefficient (Wildman–Crippen LogP) is 4.61. The van der Waals surface area contributed by atoms with Crippen LogP contribution in [0.15, 0.2) is 34.0 Å². The fraction of sp³-hybridized carbons (Fsp3) is 0.421. The second-order valence-corrected chi connectivity index (χ2v) is 7.19. The molecule has 1 aliphatic carbocycles. The van der Waals surface area contributed by atoms with Crippen molar-refractivity contribution in [2.45, 2.75) is 44.9 Å². The molecule has 2 aromatic rings. The van der Waals surface area contributed by atoms with E-state index in [0.717, 1.165) is 12.8 Å². The number of benzene rings is 1. The Bertz CT molecular complexity index is 831. The third-order valence-electron chi connectivity index (χ3n) is 4.75. The number of aromatic nitrogens is 1. The maximum atomic E-state index is 13.3. The molecule has 0 saturated heterocycles. The summed E-state index contributed by atoms with van der Waals surface area (Å²) in [6.07, 6.45) is 7.87. The Kier molecular flexibility index (Phi) is 6.58. The van der Waals surface area contributed by atoms with Crippen molar-refractivity contribution in [2.75, 3.05) is 0 Å². The summed E-state index contributed by atoms with van der Waals surface area (Å²) in [6.45, 7) is 0. The molecule has 144 valence electrons. The first kappa shape index (κ1) is 19.5. The van der Waals surface area contributed by atoms with Crippen molar-refractivity contribution in [3.63, 3.8) is 0 Å². The average Bonchev–Trinajstić information content (AvgIpc) is 3.11. The SMILES string of the molecule is O=C(Cc1conc1C(=Nc1ccc(F)c(Cl)c1)NO)CC1CCCCC1. The first-order valence-corrected chi connectivity index (χ1v) is 9.33. The predicted molar refractivity (Wildman–Crippen MR) is 98.9 cm³/mol. The van der Waals surface area contributed by atoms with Crippen molar-refractivity contribution in [3.05, 3.63) is 46.6 Å². The molecule has 0 aliphatic heterocycles. The Morgan fingerprint density at radius 3 is 2.85 bits per heavy atom. The Labute approximate surface area is 161 Å². The summed E-state index contributed by atoms with van der Waals surface area (Å²) in [5, 5.41) is 13.2. The van der Waals surface area contributed by atoms with E-state index in [9.17, 15) is 14.4 Å². The van der Waals surface area contributed by atoms with Gasteiger partial charge in [-0.3, -0.25) is 15.5 Å². The number of hydroxylamine groups is 1. The van der Waals surface area contributed by atoms with Crippen molar-refractivity contribution in [3.8, 4) is 0 Å². The minimum Gasteiger partial charge on any atom is -0.364 e. The van der Waals surface area contributed by atoms with Gasteiger partial charge in [0.1, 0.15) is 17.9 Å². The fourth-order valence-electron chi connectivity index (χ4n) is 3.39. The largest absolute Gasteiger partial charge is 0.364 e. The third kappa shape index (κ3) is 5.14. The molecule has 1 aromatic heterocycles. The molecule has 1 saturated carbocycles. The van der Waals surface area contributed by atoms with Gasteiger partial charge in [-0.15, -0.1) is 0 Å². The number of Topliss-reactive ketones (excluding diaryl/α,β-unsaturated/α-hetero) is 1. The van der Waals surface area contributed by atoms with E-state index in [0.29, 0.717) is 23.6 Å². The zero-order chi connectivity index (χ0) is 19.2. The molecule has 1 heterocycles. The number of nitrogens with zero attached hydrogens (tertiary/aromatic N) is 2. The molecular weight excluding hydrogens is 373 g/mol. The molecule has 1 aliphatic rings. The van der Waals surface area contributed by atoms with Crippen LogP contribution in [0.25, 0.3) is 0 Å². The monoisotopic (exact) mass is 393 g/mol. The molecule has 0 radical (unpaired) electrons. The molecule has 1 aromatic carbocycles. The number of aliphatic imine (C=N–C) groups is 1. The summed E-state index contributed by atoms with van der Waals surface area (Å²) >= 11 is 5.75. The number of amidine groups is 1. The molecule has 3 rings (SSSR count). The third-order valence-corrected chi connectivity index (χ3v) is 5.04. The molecule has 0 unspecified atom stereocenters. The Morgan fingerprint density at radius 2 is 2.15 bits per heavy atom. The minimum absolute atomic E-state index is 0.00751. The van der Waals surface area contributed by atoms with Gasteiger partial charge in [-0.2, -0.15) is 0 Å². The molecule has 27 heavy (non-hydrogen) atoms. The van der Waals surface area contributed by atoms with Gasteiger partial charge in [0.05, 0.1) is 10.7 Å². The Hall–Kier alpha value is -2.25. The van der Waals surface area contributed by atoms with Gasteiger partial charge in [0.2, 0.25) is 0 Å². The normalized spacial score (nSPS) is 15.7. The van der Waals surface area contributed by atoms with Crippen LogP contribution in [-0.4, -0.2) is 22.0 Å². The summed E-state index contributed by atoms with van der Waals surface area (Å²) in [7, 11) is 0. The molecule has 2 N–H and O–H groups in total. The van der Waals surface area contributed by atoms with E-state index in [1.165, 1.54) is 43.7 Å². The number of ketones is 1. The van der Waals surface area contributed by atoms with Gasteiger partial charge in [0.25, 0.3) is 0 Å². The topological polar surface area (TPSA) is 87.7 Å². The molecule has 0 spiro atoms. The summed E-state index contributed by atoms with van der Waals surface area (Å²) in [5.41, 5.74) is 3.04. The Balaban J connectivity index is 1.74. The van der Waals surface area contributed by atoms with Crippen LogP contribution in [0, 0.1) is 11.7 Å². The Morgan fingerprint density at radius 1 is 1.37 bits per heavy atom. The van der Waals surface area contributed by atoms with Crippen LogP contribution in [0.4, 0.5) is 10.1 Å². The molecule has 0 atom stereocenters. The van der Waals surface area contributed by atoms with Gasteiger partial charge < -0.3 is 4.52 Å². The van der Waals surface area contributed by atoms with Gasteiger partial charge >= 0.3 is 0 Å². The second-order valence-electron chi connectivity index (χ2n) is 6.78. The van der Waals surface area contributed by atoms with E-state index in [4.69, 9.17) is 16.1 Å². The first-order chi connectivity index (χ1) is 13.1. The van der Waals surface area contributed by atoms with Crippen molar-refractivity contribution in [1.82, 2.24) is 10.6 Å². The number of rotatable bonds is 6. The molecule has 6 nitrogen and oxygen atoms in total. The van der Waals surface area contributed by atoms with Crippen molar-refractivity contribution in [1.29, 1.82) is 0 Å². The highest BCUT2D eigenvalue weighted by molar-refractivity contribution is 6.31. The highest BCUT2D eigenvalue weighted by Gasteiger charge is 2.21. The van der Waals surface area contributed by atoms with Crippen LogP contribution in [0.5, 0.6) is 0 Å². The summed E-state index contributed by atoms with van der Waals surface area (Å²) in [5.74, 6) is -0.0232. The maximum Gasteiger partial charge on any atom is 0.180 e. The van der Waals surface area contributed by atoms with Crippen LogP contribution in [0.2, 0.25) is 5.02 Å². The van der Waals surface area contributed by atoms with Gasteiger partial charge in [-0.05, 0) is 24.1 Å². The molecule has 1 fully saturated rings. The number of hydrogen-bond donors (Lipinski definition) is 2. The highest BCUT2D eigenvalue weighted by Crippen LogP contribution is 2.27. The lowest BCUT2D eigenvalue weighted by molar-refractivity contribution is -0.119. The van der Waals surface area contributed by atoms with E-state index in [2.05, 4.69) is 10.1 Å². The number of hydrogen-bond acceptors (Lipinski definition) is 5. The van der Waals surface area contributed by atoms with Crippen LogP contribution < -0.4 is 5.48 Å². The van der Waals surface area contributed by atoms with Gasteiger partial charge in [0.15, 0.2) is 11.5 Å². The van der Waals surface area contributed by atoms with E-state index >= 15 is 0 Å². The lowest BCUT2D eigenvalue weighted by Gasteiger charge is -2.20. The lowest BCUT2D eigenvalue weighted by Crippen LogP contribution is -2.23. The molecule has 0 amide bonds. The number of carbonyl (C=O) groups is 1. The molecular formula is C19H21ClFN3O3. The van der Waals surface area contributed by atoms with Crippen LogP contribution in [-0.2, 0) is 11.2 Å². The molecule has 0 bridgehead atoms. The van der Waals surface area contributed by atoms with Gasteiger partial charge in [-0.25, -0.2) is 9.38 Å². The number of carbonyl (C=O) groups excluding carboxylic acids is 1. The number of nitrogens with one attached hydrogen (secondary N) is 1. The first-order valence-electron chi connectivity index (χ1n) is 8.96.